The molecule has 0 radical (unpaired) electrons. The van der Waals surface area contributed by atoms with Gasteiger partial charge in [0.25, 0.3) is 0 Å². The normalized spacial score (nSPS) is 12.7. The first-order chi connectivity index (χ1) is 7.69. The number of hydrogen-bond acceptors (Lipinski definition) is 5. The minimum atomic E-state index is 0.0705. The first kappa shape index (κ1) is 11.7. The van der Waals surface area contributed by atoms with E-state index < -0.39 is 0 Å². The van der Waals surface area contributed by atoms with Gasteiger partial charge in [-0.15, -0.1) is 28.0 Å². The van der Waals surface area contributed by atoms with Crippen LogP contribution >= 0.6 is 34.5 Å². The van der Waals surface area contributed by atoms with Crippen molar-refractivity contribution in [1.29, 1.82) is 0 Å². The molecule has 0 saturated carbocycles. The highest BCUT2D eigenvalue weighted by Gasteiger charge is 2.11. The predicted molar refractivity (Wildman–Crippen MR) is 65.2 cm³/mol. The van der Waals surface area contributed by atoms with Gasteiger partial charge in [0.1, 0.15) is 5.88 Å². The lowest BCUT2D eigenvalue weighted by Gasteiger charge is -2.08. The number of hydrogen-bond donors (Lipinski definition) is 1. The summed E-state index contributed by atoms with van der Waals surface area (Å²) in [5, 5.41) is 10.7. The van der Waals surface area contributed by atoms with Gasteiger partial charge in [-0.1, -0.05) is 16.7 Å². The molecule has 0 spiro atoms. The maximum absolute atomic E-state index is 5.86. The zero-order valence-corrected chi connectivity index (χ0v) is 10.7. The molecule has 2 heterocycles. The number of alkyl halides is 1. The van der Waals surface area contributed by atoms with Gasteiger partial charge in [-0.05, 0) is 19.1 Å². The maximum atomic E-state index is 5.86. The number of thiophene rings is 1. The Kier molecular flexibility index (Phi) is 3.68. The molecule has 16 heavy (non-hydrogen) atoms. The fraction of sp³-hybridized carbons (Fsp3) is 0.333. The third kappa shape index (κ3) is 2.66. The average Bonchev–Trinajstić information content (AvgIpc) is 2.87. The van der Waals surface area contributed by atoms with E-state index in [2.05, 4.69) is 15.5 Å². The smallest absolute Gasteiger partial charge is 0.316 e. The number of nitrogens with zero attached hydrogens (tertiary/aromatic N) is 2. The SMILES string of the molecule is CC(Nc1nnc(CCl)o1)c1ccc(Cl)s1. The molecule has 1 unspecified atom stereocenters. The van der Waals surface area contributed by atoms with Crippen LogP contribution in [0.15, 0.2) is 16.5 Å². The highest BCUT2D eigenvalue weighted by Crippen LogP contribution is 2.28. The molecule has 0 fully saturated rings. The van der Waals surface area contributed by atoms with E-state index in [1.807, 2.05) is 19.1 Å². The first-order valence-corrected chi connectivity index (χ1v) is 6.32. The van der Waals surface area contributed by atoms with Gasteiger partial charge in [0.15, 0.2) is 0 Å². The topological polar surface area (TPSA) is 51.0 Å². The Morgan fingerprint density at radius 1 is 1.50 bits per heavy atom. The number of nitrogens with one attached hydrogen (secondary N) is 1. The summed E-state index contributed by atoms with van der Waals surface area (Å²) in [7, 11) is 0. The fourth-order valence-electron chi connectivity index (χ4n) is 1.18. The Morgan fingerprint density at radius 3 is 2.88 bits per heavy atom. The van der Waals surface area contributed by atoms with E-state index in [0.29, 0.717) is 11.9 Å². The Balaban J connectivity index is 2.04. The molecule has 0 saturated heterocycles. The lowest BCUT2D eigenvalue weighted by atomic mass is 10.3. The zero-order valence-electron chi connectivity index (χ0n) is 8.41. The van der Waals surface area contributed by atoms with E-state index in [1.54, 1.807) is 0 Å². The summed E-state index contributed by atoms with van der Waals surface area (Å²) >= 11 is 12.9. The van der Waals surface area contributed by atoms with Crippen molar-refractivity contribution in [2.75, 3.05) is 5.32 Å². The zero-order chi connectivity index (χ0) is 11.5. The molecule has 2 rings (SSSR count). The molecular formula is C9H9Cl2N3OS. The Labute approximate surface area is 107 Å². The summed E-state index contributed by atoms with van der Waals surface area (Å²) in [5.41, 5.74) is 0. The van der Waals surface area contributed by atoms with Crippen LogP contribution in [0.25, 0.3) is 0 Å². The largest absolute Gasteiger partial charge is 0.407 e. The second-order valence-electron chi connectivity index (χ2n) is 3.14. The van der Waals surface area contributed by atoms with E-state index in [-0.39, 0.29) is 11.9 Å². The van der Waals surface area contributed by atoms with Gasteiger partial charge in [-0.3, -0.25) is 0 Å². The van der Waals surface area contributed by atoms with E-state index in [0.717, 1.165) is 9.21 Å². The second-order valence-corrected chi connectivity index (χ2v) is 5.16. The van der Waals surface area contributed by atoms with Gasteiger partial charge in [-0.2, -0.15) is 0 Å². The third-order valence-electron chi connectivity index (χ3n) is 1.94. The average molecular weight is 278 g/mol. The molecule has 2 aromatic rings. The molecular weight excluding hydrogens is 269 g/mol. The van der Waals surface area contributed by atoms with Crippen LogP contribution in [0.4, 0.5) is 6.01 Å². The van der Waals surface area contributed by atoms with Crippen molar-refractivity contribution < 1.29 is 4.42 Å². The quantitative estimate of drug-likeness (QED) is 0.866. The Morgan fingerprint density at radius 2 is 2.31 bits per heavy atom. The predicted octanol–water partition coefficient (Wildman–Crippen LogP) is 3.70. The molecule has 0 aliphatic heterocycles. The van der Waals surface area contributed by atoms with Crippen molar-refractivity contribution in [1.82, 2.24) is 10.2 Å². The molecule has 0 aromatic carbocycles. The Hall–Kier alpha value is -0.780. The number of anilines is 1. The van der Waals surface area contributed by atoms with Gasteiger partial charge < -0.3 is 9.73 Å². The molecule has 0 bridgehead atoms. The monoisotopic (exact) mass is 277 g/mol. The van der Waals surface area contributed by atoms with Crippen LogP contribution in [0, 0.1) is 0 Å². The van der Waals surface area contributed by atoms with E-state index in [4.69, 9.17) is 27.6 Å². The number of aromatic nitrogens is 2. The van der Waals surface area contributed by atoms with E-state index in [9.17, 15) is 0 Å². The molecule has 0 amide bonds. The summed E-state index contributed by atoms with van der Waals surface area (Å²) in [6.07, 6.45) is 0. The summed E-state index contributed by atoms with van der Waals surface area (Å²) < 4.78 is 6.00. The van der Waals surface area contributed by atoms with Gasteiger partial charge in [0, 0.05) is 4.88 Å². The van der Waals surface area contributed by atoms with Crippen LogP contribution in [0.1, 0.15) is 23.7 Å². The van der Waals surface area contributed by atoms with Crippen molar-refractivity contribution in [3.63, 3.8) is 0 Å². The molecule has 86 valence electrons. The standard InChI is InChI=1S/C9H9Cl2N3OS/c1-5(6-2-3-7(11)16-6)12-9-14-13-8(4-10)15-9/h2-3,5H,4H2,1H3,(H,12,14). The van der Waals surface area contributed by atoms with Gasteiger partial charge in [-0.25, -0.2) is 0 Å². The van der Waals surface area contributed by atoms with Crippen molar-refractivity contribution in [2.45, 2.75) is 18.8 Å². The first-order valence-electron chi connectivity index (χ1n) is 4.59. The molecule has 0 aliphatic rings. The molecule has 1 atom stereocenters. The summed E-state index contributed by atoms with van der Waals surface area (Å²) in [6.45, 7) is 1.99. The van der Waals surface area contributed by atoms with E-state index in [1.165, 1.54) is 11.3 Å². The maximum Gasteiger partial charge on any atom is 0.316 e. The van der Waals surface area contributed by atoms with Crippen LogP contribution in [0.5, 0.6) is 0 Å². The molecule has 4 nitrogen and oxygen atoms in total. The van der Waals surface area contributed by atoms with Crippen LogP contribution in [0.2, 0.25) is 4.34 Å². The number of halogens is 2. The van der Waals surface area contributed by atoms with Crippen molar-refractivity contribution in [3.8, 4) is 0 Å². The lowest BCUT2D eigenvalue weighted by Crippen LogP contribution is -2.04. The van der Waals surface area contributed by atoms with Crippen LogP contribution < -0.4 is 5.32 Å². The molecule has 0 aliphatic carbocycles. The summed E-state index contributed by atoms with van der Waals surface area (Å²) in [6, 6.07) is 4.26. The lowest BCUT2D eigenvalue weighted by molar-refractivity contribution is 0.521. The van der Waals surface area contributed by atoms with E-state index >= 15 is 0 Å². The highest BCUT2D eigenvalue weighted by atomic mass is 35.5. The van der Waals surface area contributed by atoms with Crippen molar-refractivity contribution in [2.24, 2.45) is 0 Å². The van der Waals surface area contributed by atoms with Crippen molar-refractivity contribution in [3.05, 3.63) is 27.2 Å². The van der Waals surface area contributed by atoms with Crippen LogP contribution in [0.3, 0.4) is 0 Å². The summed E-state index contributed by atoms with van der Waals surface area (Å²) in [5.74, 6) is 0.619. The fourth-order valence-corrected chi connectivity index (χ4v) is 2.35. The van der Waals surface area contributed by atoms with Crippen LogP contribution in [-0.4, -0.2) is 10.2 Å². The molecule has 7 heteroatoms. The highest BCUT2D eigenvalue weighted by molar-refractivity contribution is 7.16. The van der Waals surface area contributed by atoms with Gasteiger partial charge >= 0.3 is 6.01 Å². The molecule has 1 N–H and O–H groups in total. The van der Waals surface area contributed by atoms with Gasteiger partial charge in [0.2, 0.25) is 5.89 Å². The third-order valence-corrected chi connectivity index (χ3v) is 3.58. The minimum Gasteiger partial charge on any atom is -0.407 e. The minimum absolute atomic E-state index is 0.0705. The van der Waals surface area contributed by atoms with Crippen molar-refractivity contribution >= 4 is 40.6 Å². The number of rotatable bonds is 4. The van der Waals surface area contributed by atoms with Crippen LogP contribution in [-0.2, 0) is 5.88 Å². The second kappa shape index (κ2) is 5.03. The molecule has 2 aromatic heterocycles. The summed E-state index contributed by atoms with van der Waals surface area (Å²) in [4.78, 5) is 1.11. The van der Waals surface area contributed by atoms with Gasteiger partial charge in [0.05, 0.1) is 10.4 Å². The Bertz CT molecular complexity index is 471.